The van der Waals surface area contributed by atoms with Gasteiger partial charge in [0.1, 0.15) is 11.6 Å². The molecular weight excluding hydrogens is 340 g/mol. The number of nitrogens with zero attached hydrogens (tertiary/aromatic N) is 6. The van der Waals surface area contributed by atoms with Crippen molar-refractivity contribution in [2.24, 2.45) is 7.05 Å². The molecule has 0 amide bonds. The van der Waals surface area contributed by atoms with Crippen LogP contribution in [0.3, 0.4) is 0 Å². The van der Waals surface area contributed by atoms with Crippen LogP contribution in [0.15, 0.2) is 24.5 Å². The molecule has 0 radical (unpaired) electrons. The molecular formula is C20H30N6O. The molecule has 2 aromatic heterocycles. The zero-order valence-corrected chi connectivity index (χ0v) is 16.2. The Hall–Kier alpha value is -1.83. The van der Waals surface area contributed by atoms with Crippen LogP contribution >= 0.6 is 0 Å². The first-order valence-corrected chi connectivity index (χ1v) is 10.1. The fourth-order valence-corrected chi connectivity index (χ4v) is 4.30. The van der Waals surface area contributed by atoms with Gasteiger partial charge in [0.15, 0.2) is 0 Å². The molecule has 7 heteroatoms. The van der Waals surface area contributed by atoms with Crippen LogP contribution in [0.25, 0.3) is 0 Å². The van der Waals surface area contributed by atoms with Crippen molar-refractivity contribution in [2.75, 3.05) is 26.2 Å². The molecule has 0 aliphatic carbocycles. The first kappa shape index (κ1) is 18.5. The van der Waals surface area contributed by atoms with Gasteiger partial charge in [0.2, 0.25) is 0 Å². The average Bonchev–Trinajstić information content (AvgIpc) is 3.05. The van der Waals surface area contributed by atoms with Crippen LogP contribution < -0.4 is 0 Å². The zero-order chi connectivity index (χ0) is 18.6. The molecule has 0 aromatic carbocycles. The predicted molar refractivity (Wildman–Crippen MR) is 103 cm³/mol. The molecule has 0 bridgehead atoms. The van der Waals surface area contributed by atoms with E-state index in [-0.39, 0.29) is 6.10 Å². The lowest BCUT2D eigenvalue weighted by Gasteiger charge is -2.32. The minimum atomic E-state index is -0.134. The van der Waals surface area contributed by atoms with E-state index in [4.69, 9.17) is 0 Å². The number of likely N-dealkylation sites (tertiary alicyclic amines) is 2. The van der Waals surface area contributed by atoms with E-state index >= 15 is 0 Å². The second-order valence-corrected chi connectivity index (χ2v) is 7.97. The van der Waals surface area contributed by atoms with Crippen molar-refractivity contribution in [3.8, 4) is 0 Å². The third-order valence-corrected chi connectivity index (χ3v) is 5.95. The van der Waals surface area contributed by atoms with Gasteiger partial charge in [0.25, 0.3) is 0 Å². The summed E-state index contributed by atoms with van der Waals surface area (Å²) in [5.74, 6) is 2.59. The second-order valence-electron chi connectivity index (χ2n) is 7.97. The lowest BCUT2D eigenvalue weighted by atomic mass is 9.96. The second kappa shape index (κ2) is 8.46. The number of aromatic nitrogens is 4. The van der Waals surface area contributed by atoms with Gasteiger partial charge >= 0.3 is 0 Å². The van der Waals surface area contributed by atoms with Crippen molar-refractivity contribution in [1.29, 1.82) is 0 Å². The predicted octanol–water partition coefficient (Wildman–Crippen LogP) is 1.55. The Labute approximate surface area is 161 Å². The molecule has 0 unspecified atom stereocenters. The Morgan fingerprint density at radius 1 is 1.00 bits per heavy atom. The first-order chi connectivity index (χ1) is 13.2. The lowest BCUT2D eigenvalue weighted by Crippen LogP contribution is -2.36. The average molecular weight is 371 g/mol. The van der Waals surface area contributed by atoms with Gasteiger partial charge in [-0.15, -0.1) is 10.2 Å². The van der Waals surface area contributed by atoms with Gasteiger partial charge in [-0.2, -0.15) is 0 Å². The first-order valence-electron chi connectivity index (χ1n) is 10.1. The van der Waals surface area contributed by atoms with Crippen molar-refractivity contribution in [1.82, 2.24) is 29.5 Å². The van der Waals surface area contributed by atoms with Crippen LogP contribution in [-0.4, -0.2) is 66.9 Å². The molecule has 2 aliphatic rings. The Morgan fingerprint density at radius 3 is 2.56 bits per heavy atom. The van der Waals surface area contributed by atoms with Gasteiger partial charge in [-0.25, -0.2) is 0 Å². The monoisotopic (exact) mass is 370 g/mol. The van der Waals surface area contributed by atoms with E-state index in [9.17, 15) is 5.11 Å². The Bertz CT molecular complexity index is 725. The molecule has 4 rings (SSSR count). The Kier molecular flexibility index (Phi) is 5.80. The van der Waals surface area contributed by atoms with Gasteiger partial charge in [0, 0.05) is 51.5 Å². The van der Waals surface area contributed by atoms with Gasteiger partial charge < -0.3 is 9.67 Å². The van der Waals surface area contributed by atoms with Crippen LogP contribution in [0.2, 0.25) is 0 Å². The van der Waals surface area contributed by atoms with Gasteiger partial charge in [-0.05, 0) is 49.9 Å². The maximum atomic E-state index is 9.68. The van der Waals surface area contributed by atoms with Crippen LogP contribution in [0.5, 0.6) is 0 Å². The van der Waals surface area contributed by atoms with Crippen LogP contribution in [0.1, 0.15) is 48.8 Å². The van der Waals surface area contributed by atoms with Crippen molar-refractivity contribution >= 4 is 0 Å². The molecule has 2 saturated heterocycles. The fraction of sp³-hybridized carbons (Fsp3) is 0.650. The summed E-state index contributed by atoms with van der Waals surface area (Å²) >= 11 is 0. The largest absolute Gasteiger partial charge is 0.393 e. The summed E-state index contributed by atoms with van der Waals surface area (Å²) in [6.07, 6.45) is 7.69. The maximum Gasteiger partial charge on any atom is 0.146 e. The van der Waals surface area contributed by atoms with Crippen LogP contribution in [0, 0.1) is 0 Å². The number of piperidine rings is 2. The molecule has 0 spiro atoms. The third-order valence-electron chi connectivity index (χ3n) is 5.95. The SMILES string of the molecule is Cn1c(CN2CCC(O)CC2)nnc1[C@@H]1CCCN(Cc2ccncc2)C1. The molecule has 1 atom stereocenters. The number of aliphatic hydroxyl groups is 1. The van der Waals surface area contributed by atoms with Gasteiger partial charge in [-0.1, -0.05) is 0 Å². The summed E-state index contributed by atoms with van der Waals surface area (Å²) in [5, 5.41) is 18.7. The van der Waals surface area contributed by atoms with E-state index in [2.05, 4.69) is 48.7 Å². The number of pyridine rings is 1. The maximum absolute atomic E-state index is 9.68. The summed E-state index contributed by atoms with van der Waals surface area (Å²) in [5.41, 5.74) is 1.32. The summed E-state index contributed by atoms with van der Waals surface area (Å²) < 4.78 is 2.20. The molecule has 0 saturated carbocycles. The summed E-state index contributed by atoms with van der Waals surface area (Å²) in [6, 6.07) is 4.19. The molecule has 7 nitrogen and oxygen atoms in total. The highest BCUT2D eigenvalue weighted by Crippen LogP contribution is 2.27. The van der Waals surface area contributed by atoms with E-state index in [0.717, 1.165) is 63.8 Å². The number of rotatable bonds is 5. The minimum Gasteiger partial charge on any atom is -0.393 e. The Balaban J connectivity index is 1.38. The molecule has 1 N–H and O–H groups in total. The summed E-state index contributed by atoms with van der Waals surface area (Å²) in [7, 11) is 2.10. The summed E-state index contributed by atoms with van der Waals surface area (Å²) in [4.78, 5) is 9.00. The number of hydrogen-bond acceptors (Lipinski definition) is 6. The van der Waals surface area contributed by atoms with Crippen molar-refractivity contribution in [3.05, 3.63) is 41.7 Å². The number of hydrogen-bond donors (Lipinski definition) is 1. The Morgan fingerprint density at radius 2 is 1.78 bits per heavy atom. The van der Waals surface area contributed by atoms with E-state index in [1.807, 2.05) is 12.4 Å². The van der Waals surface area contributed by atoms with Gasteiger partial charge in [0.05, 0.1) is 12.6 Å². The molecule has 2 fully saturated rings. The molecule has 2 aromatic rings. The zero-order valence-electron chi connectivity index (χ0n) is 16.2. The van der Waals surface area contributed by atoms with Crippen LogP contribution in [0.4, 0.5) is 0 Å². The molecule has 4 heterocycles. The van der Waals surface area contributed by atoms with Crippen molar-refractivity contribution < 1.29 is 5.11 Å². The van der Waals surface area contributed by atoms with E-state index < -0.39 is 0 Å². The van der Waals surface area contributed by atoms with Crippen molar-refractivity contribution in [3.63, 3.8) is 0 Å². The minimum absolute atomic E-state index is 0.134. The van der Waals surface area contributed by atoms with E-state index in [1.165, 1.54) is 18.4 Å². The smallest absolute Gasteiger partial charge is 0.146 e. The topological polar surface area (TPSA) is 70.3 Å². The molecule has 2 aliphatic heterocycles. The summed E-state index contributed by atoms with van der Waals surface area (Å²) in [6.45, 7) is 5.84. The molecule has 146 valence electrons. The van der Waals surface area contributed by atoms with Crippen molar-refractivity contribution in [2.45, 2.75) is 50.8 Å². The molecule has 27 heavy (non-hydrogen) atoms. The van der Waals surface area contributed by atoms with Crippen LogP contribution in [-0.2, 0) is 20.1 Å². The van der Waals surface area contributed by atoms with E-state index in [1.54, 1.807) is 0 Å². The van der Waals surface area contributed by atoms with Gasteiger partial charge in [-0.3, -0.25) is 14.8 Å². The number of aliphatic hydroxyl groups excluding tert-OH is 1. The quantitative estimate of drug-likeness (QED) is 0.861. The highest BCUT2D eigenvalue weighted by molar-refractivity contribution is 5.10. The highest BCUT2D eigenvalue weighted by Gasteiger charge is 2.27. The van der Waals surface area contributed by atoms with E-state index in [0.29, 0.717) is 5.92 Å². The third kappa shape index (κ3) is 4.54. The standard InChI is InChI=1S/C20H30N6O/c1-24-19(15-25-11-6-18(27)7-12-25)22-23-20(24)17-3-2-10-26(14-17)13-16-4-8-21-9-5-16/h4-5,8-9,17-18,27H,2-3,6-7,10-15H2,1H3/t17-/m1/s1. The highest BCUT2D eigenvalue weighted by atomic mass is 16.3. The fourth-order valence-electron chi connectivity index (χ4n) is 4.30. The normalized spacial score (nSPS) is 23.0. The lowest BCUT2D eigenvalue weighted by molar-refractivity contribution is 0.0775.